The highest BCUT2D eigenvalue weighted by molar-refractivity contribution is 5.45. The molecule has 0 radical (unpaired) electrons. The lowest BCUT2D eigenvalue weighted by molar-refractivity contribution is 0.325. The topological polar surface area (TPSA) is 0 Å². The van der Waals surface area contributed by atoms with Crippen LogP contribution in [0, 0.1) is 23.7 Å². The van der Waals surface area contributed by atoms with Crippen molar-refractivity contribution in [3.8, 4) is 0 Å². The summed E-state index contributed by atoms with van der Waals surface area (Å²) in [5, 5.41) is 0. The number of hydrogen-bond acceptors (Lipinski definition) is 0. The summed E-state index contributed by atoms with van der Waals surface area (Å²) in [5.74, 6) is -0.888. The van der Waals surface area contributed by atoms with Crippen LogP contribution in [0.25, 0.3) is 0 Å². The van der Waals surface area contributed by atoms with Crippen molar-refractivity contribution in [2.24, 2.45) is 23.7 Å². The van der Waals surface area contributed by atoms with Gasteiger partial charge in [0.1, 0.15) is 0 Å². The largest absolute Gasteiger partial charge is 0.251 e. The second-order valence-electron chi connectivity index (χ2n) is 9.79. The van der Waals surface area contributed by atoms with E-state index in [1.54, 1.807) is 0 Å². The zero-order valence-electron chi connectivity index (χ0n) is 20.1. The van der Waals surface area contributed by atoms with Crippen molar-refractivity contribution in [1.29, 1.82) is 0 Å². The first-order valence-electron chi connectivity index (χ1n) is 11.5. The Hall–Kier alpha value is -1.06. The highest BCUT2D eigenvalue weighted by Crippen LogP contribution is 2.42. The van der Waals surface area contributed by atoms with Crippen molar-refractivity contribution < 1.29 is 17.6 Å². The Kier molecular flexibility index (Phi) is 10.9. The average molecular weight is 431 g/mol. The Morgan fingerprint density at radius 1 is 0.433 bits per heavy atom. The lowest BCUT2D eigenvalue weighted by Gasteiger charge is -2.32. The van der Waals surface area contributed by atoms with Gasteiger partial charge >= 0.3 is 0 Å². The van der Waals surface area contributed by atoms with Crippen LogP contribution in [0.15, 0.2) is 12.1 Å². The molecule has 0 spiro atoms. The first kappa shape index (κ1) is 27.0. The molecular weight excluding hydrogens is 388 g/mol. The predicted octanol–water partition coefficient (Wildman–Crippen LogP) is 8.52. The van der Waals surface area contributed by atoms with E-state index in [1.165, 1.54) is 0 Å². The van der Waals surface area contributed by atoms with Gasteiger partial charge in [0.05, 0.1) is 26.7 Å². The van der Waals surface area contributed by atoms with Crippen molar-refractivity contribution in [3.63, 3.8) is 0 Å². The van der Waals surface area contributed by atoms with E-state index in [0.717, 1.165) is 22.3 Å². The van der Waals surface area contributed by atoms with Gasteiger partial charge in [-0.1, -0.05) is 67.5 Å². The maximum Gasteiger partial charge on any atom is 0.0925 e. The number of hydrogen-bond donors (Lipinski definition) is 0. The van der Waals surface area contributed by atoms with Gasteiger partial charge in [0.15, 0.2) is 0 Å². The van der Waals surface area contributed by atoms with Crippen molar-refractivity contribution in [3.05, 3.63) is 34.4 Å². The highest BCUT2D eigenvalue weighted by atomic mass is 19.1. The Balaban J connectivity index is 3.80. The van der Waals surface area contributed by atoms with E-state index in [9.17, 15) is 17.6 Å². The molecule has 0 aliphatic heterocycles. The minimum absolute atomic E-state index is 0.0474. The molecule has 0 fully saturated rings. The van der Waals surface area contributed by atoms with Gasteiger partial charge in [-0.05, 0) is 69.6 Å². The first-order valence-corrected chi connectivity index (χ1v) is 11.5. The van der Waals surface area contributed by atoms with Gasteiger partial charge in [-0.3, -0.25) is 17.6 Å². The third-order valence-corrected chi connectivity index (χ3v) is 7.64. The average Bonchev–Trinajstić information content (AvgIpc) is 2.78. The first-order chi connectivity index (χ1) is 14.0. The summed E-state index contributed by atoms with van der Waals surface area (Å²) in [6, 6.07) is 4.20. The fourth-order valence-corrected chi connectivity index (χ4v) is 4.01. The van der Waals surface area contributed by atoms with E-state index < -0.39 is 26.7 Å². The SMILES string of the molecule is CC(CF)C(C)c1cc(C(C)C(C)CF)c(C(C)C(C)CF)cc1C(C)C(C)CF. The minimum Gasteiger partial charge on any atom is -0.251 e. The molecule has 0 saturated heterocycles. The van der Waals surface area contributed by atoms with E-state index in [1.807, 2.05) is 55.4 Å². The molecule has 8 atom stereocenters. The standard InChI is InChI=1S/C26H42F4/c1-15(11-27)19(5)23-9-25(21(7)17(3)13-29)26(22(8)18(4)14-30)10-24(23)20(6)16(2)12-28/h9-10,15-22H,11-14H2,1-8H3. The number of benzene rings is 1. The van der Waals surface area contributed by atoms with Gasteiger partial charge in [0, 0.05) is 0 Å². The minimum atomic E-state index is -0.434. The fourth-order valence-electron chi connectivity index (χ4n) is 4.01. The van der Waals surface area contributed by atoms with Crippen LogP contribution in [-0.4, -0.2) is 26.7 Å². The summed E-state index contributed by atoms with van der Waals surface area (Å²) in [5.41, 5.74) is 4.07. The maximum atomic E-state index is 13.5. The lowest BCUT2D eigenvalue weighted by atomic mass is 9.73. The second kappa shape index (κ2) is 12.1. The lowest BCUT2D eigenvalue weighted by Crippen LogP contribution is -2.20. The zero-order chi connectivity index (χ0) is 23.2. The molecular formula is C26H42F4. The molecule has 1 aromatic carbocycles. The van der Waals surface area contributed by atoms with Gasteiger partial charge in [0.25, 0.3) is 0 Å². The molecule has 0 heterocycles. The normalized spacial score (nSPS) is 20.1. The fraction of sp³-hybridized carbons (Fsp3) is 0.769. The molecule has 0 aliphatic rings. The number of halogens is 4. The Morgan fingerprint density at radius 2 is 0.600 bits per heavy atom. The Morgan fingerprint density at radius 3 is 0.733 bits per heavy atom. The Bertz CT molecular complexity index is 538. The van der Waals surface area contributed by atoms with Crippen LogP contribution in [0.4, 0.5) is 17.6 Å². The molecule has 4 heteroatoms. The summed E-state index contributed by atoms with van der Waals surface area (Å²) in [6.45, 7) is 13.8. The van der Waals surface area contributed by atoms with Gasteiger partial charge in [-0.15, -0.1) is 0 Å². The molecule has 0 saturated carbocycles. The van der Waals surface area contributed by atoms with Crippen LogP contribution < -0.4 is 0 Å². The van der Waals surface area contributed by atoms with Crippen LogP contribution >= 0.6 is 0 Å². The molecule has 30 heavy (non-hydrogen) atoms. The van der Waals surface area contributed by atoms with E-state index in [-0.39, 0.29) is 47.3 Å². The van der Waals surface area contributed by atoms with Gasteiger partial charge in [-0.2, -0.15) is 0 Å². The molecule has 8 unspecified atom stereocenters. The van der Waals surface area contributed by atoms with E-state index >= 15 is 0 Å². The van der Waals surface area contributed by atoms with E-state index in [4.69, 9.17) is 0 Å². The second-order valence-corrected chi connectivity index (χ2v) is 9.79. The number of alkyl halides is 4. The molecule has 0 amide bonds. The van der Waals surface area contributed by atoms with Gasteiger partial charge in [0.2, 0.25) is 0 Å². The monoisotopic (exact) mass is 430 g/mol. The summed E-state index contributed by atoms with van der Waals surface area (Å²) in [6.07, 6.45) is 0. The summed E-state index contributed by atoms with van der Waals surface area (Å²) < 4.78 is 54.1. The van der Waals surface area contributed by atoms with Gasteiger partial charge in [-0.25, -0.2) is 0 Å². The molecule has 0 aliphatic carbocycles. The van der Waals surface area contributed by atoms with Crippen molar-refractivity contribution in [1.82, 2.24) is 0 Å². The summed E-state index contributed by atoms with van der Waals surface area (Å²) in [7, 11) is 0. The van der Waals surface area contributed by atoms with Crippen LogP contribution in [0.2, 0.25) is 0 Å². The third kappa shape index (κ3) is 6.01. The zero-order valence-corrected chi connectivity index (χ0v) is 20.1. The summed E-state index contributed by atoms with van der Waals surface area (Å²) >= 11 is 0. The summed E-state index contributed by atoms with van der Waals surface area (Å²) in [4.78, 5) is 0. The predicted molar refractivity (Wildman–Crippen MR) is 121 cm³/mol. The van der Waals surface area contributed by atoms with Crippen molar-refractivity contribution >= 4 is 0 Å². The molecule has 0 N–H and O–H groups in total. The van der Waals surface area contributed by atoms with Crippen LogP contribution in [0.3, 0.4) is 0 Å². The Labute approximate surface area is 181 Å². The quantitative estimate of drug-likeness (QED) is 0.291. The van der Waals surface area contributed by atoms with Crippen LogP contribution in [0.1, 0.15) is 101 Å². The molecule has 174 valence electrons. The van der Waals surface area contributed by atoms with Crippen LogP contribution in [-0.2, 0) is 0 Å². The molecule has 1 rings (SSSR count). The highest BCUT2D eigenvalue weighted by Gasteiger charge is 2.29. The van der Waals surface area contributed by atoms with Crippen molar-refractivity contribution in [2.45, 2.75) is 79.1 Å². The van der Waals surface area contributed by atoms with Crippen LogP contribution in [0.5, 0.6) is 0 Å². The molecule has 0 bridgehead atoms. The van der Waals surface area contributed by atoms with E-state index in [2.05, 4.69) is 12.1 Å². The number of rotatable bonds is 12. The van der Waals surface area contributed by atoms with Crippen molar-refractivity contribution in [2.75, 3.05) is 26.7 Å². The molecule has 0 nitrogen and oxygen atoms in total. The maximum absolute atomic E-state index is 13.5. The molecule has 1 aromatic rings. The van der Waals surface area contributed by atoms with Gasteiger partial charge < -0.3 is 0 Å². The smallest absolute Gasteiger partial charge is 0.0925 e. The van der Waals surface area contributed by atoms with E-state index in [0.29, 0.717) is 0 Å². The third-order valence-electron chi connectivity index (χ3n) is 7.64. The molecule has 0 aromatic heterocycles.